The molecular weight excluding hydrogens is 330 g/mol. The lowest BCUT2D eigenvalue weighted by molar-refractivity contribution is 0.0340. The summed E-state index contributed by atoms with van der Waals surface area (Å²) in [6.07, 6.45) is 0. The van der Waals surface area contributed by atoms with Crippen molar-refractivity contribution in [1.29, 1.82) is 0 Å². The zero-order valence-electron chi connectivity index (χ0n) is 14.6. The van der Waals surface area contributed by atoms with Crippen molar-refractivity contribution < 1.29 is 14.3 Å². The molecule has 0 radical (unpaired) electrons. The van der Waals surface area contributed by atoms with Crippen LogP contribution in [0.3, 0.4) is 0 Å². The summed E-state index contributed by atoms with van der Waals surface area (Å²) in [5, 5.41) is 2.94. The largest absolute Gasteiger partial charge is 0.379 e. The zero-order valence-corrected chi connectivity index (χ0v) is 14.6. The van der Waals surface area contributed by atoms with Crippen LogP contribution in [0.5, 0.6) is 0 Å². The second-order valence-electron chi connectivity index (χ2n) is 6.28. The first-order chi connectivity index (χ1) is 12.6. The molecule has 0 bridgehead atoms. The minimum atomic E-state index is -0.506. The molecule has 0 spiro atoms. The highest BCUT2D eigenvalue weighted by Crippen LogP contribution is 2.13. The van der Waals surface area contributed by atoms with Gasteiger partial charge in [-0.15, -0.1) is 0 Å². The van der Waals surface area contributed by atoms with Crippen molar-refractivity contribution in [2.24, 2.45) is 5.73 Å². The smallest absolute Gasteiger partial charge is 0.251 e. The molecule has 26 heavy (non-hydrogen) atoms. The number of nitrogens with zero attached hydrogens (tertiary/aromatic N) is 1. The van der Waals surface area contributed by atoms with Crippen molar-refractivity contribution >= 4 is 11.8 Å². The number of primary amides is 1. The molecule has 3 N–H and O–H groups in total. The number of nitrogens with one attached hydrogen (secondary N) is 1. The van der Waals surface area contributed by atoms with Crippen LogP contribution in [0, 0.1) is 0 Å². The highest BCUT2D eigenvalue weighted by Gasteiger charge is 2.13. The fourth-order valence-corrected chi connectivity index (χ4v) is 2.95. The third kappa shape index (κ3) is 4.68. The Morgan fingerprint density at radius 1 is 0.962 bits per heavy atom. The lowest BCUT2D eigenvalue weighted by atomic mass is 10.1. The molecule has 0 unspecified atom stereocenters. The van der Waals surface area contributed by atoms with Crippen LogP contribution in [-0.2, 0) is 17.8 Å². The maximum absolute atomic E-state index is 12.3. The third-order valence-electron chi connectivity index (χ3n) is 4.49. The summed E-state index contributed by atoms with van der Waals surface area (Å²) < 4.78 is 5.39. The first-order valence-corrected chi connectivity index (χ1v) is 8.68. The maximum atomic E-state index is 12.3. The molecule has 1 aliphatic heterocycles. The van der Waals surface area contributed by atoms with E-state index in [2.05, 4.69) is 16.3 Å². The molecule has 1 saturated heterocycles. The molecule has 1 heterocycles. The average molecular weight is 353 g/mol. The maximum Gasteiger partial charge on any atom is 0.251 e. The van der Waals surface area contributed by atoms with Crippen molar-refractivity contribution in [3.63, 3.8) is 0 Å². The standard InChI is InChI=1S/C20H23N3O3/c21-19(24)15-5-7-16(8-6-15)20(25)22-13-17-3-1-2-4-18(17)14-23-9-11-26-12-10-23/h1-8H,9-14H2,(H2,21,24)(H,22,25). The molecule has 1 aliphatic rings. The fourth-order valence-electron chi connectivity index (χ4n) is 2.95. The van der Waals surface area contributed by atoms with E-state index in [0.29, 0.717) is 17.7 Å². The monoisotopic (exact) mass is 353 g/mol. The summed E-state index contributed by atoms with van der Waals surface area (Å²) in [4.78, 5) is 25.8. The van der Waals surface area contributed by atoms with Gasteiger partial charge in [-0.3, -0.25) is 14.5 Å². The van der Waals surface area contributed by atoms with E-state index in [1.807, 2.05) is 18.2 Å². The molecule has 3 rings (SSSR count). The molecular formula is C20H23N3O3. The van der Waals surface area contributed by atoms with Crippen LogP contribution in [0.2, 0.25) is 0 Å². The van der Waals surface area contributed by atoms with Crippen LogP contribution in [0.15, 0.2) is 48.5 Å². The molecule has 0 saturated carbocycles. The molecule has 6 heteroatoms. The Kier molecular flexibility index (Phi) is 5.99. The van der Waals surface area contributed by atoms with Crippen LogP contribution < -0.4 is 11.1 Å². The molecule has 2 aromatic rings. The van der Waals surface area contributed by atoms with Gasteiger partial charge in [0, 0.05) is 37.3 Å². The van der Waals surface area contributed by atoms with Gasteiger partial charge in [0.15, 0.2) is 0 Å². The average Bonchev–Trinajstić information content (AvgIpc) is 2.68. The Morgan fingerprint density at radius 3 is 2.23 bits per heavy atom. The van der Waals surface area contributed by atoms with Gasteiger partial charge in [-0.1, -0.05) is 24.3 Å². The van der Waals surface area contributed by atoms with E-state index in [-0.39, 0.29) is 5.91 Å². The van der Waals surface area contributed by atoms with Crippen molar-refractivity contribution in [3.8, 4) is 0 Å². The molecule has 0 aromatic heterocycles. The Balaban J connectivity index is 1.61. The molecule has 2 aromatic carbocycles. The number of amides is 2. The van der Waals surface area contributed by atoms with Crippen molar-refractivity contribution in [2.45, 2.75) is 13.1 Å². The van der Waals surface area contributed by atoms with Gasteiger partial charge in [0.1, 0.15) is 0 Å². The summed E-state index contributed by atoms with van der Waals surface area (Å²) >= 11 is 0. The SMILES string of the molecule is NC(=O)c1ccc(C(=O)NCc2ccccc2CN2CCOCC2)cc1. The summed E-state index contributed by atoms with van der Waals surface area (Å²) in [5.41, 5.74) is 8.41. The number of carbonyl (C=O) groups excluding carboxylic acids is 2. The van der Waals surface area contributed by atoms with Gasteiger partial charge in [-0.2, -0.15) is 0 Å². The van der Waals surface area contributed by atoms with E-state index in [4.69, 9.17) is 10.5 Å². The molecule has 0 atom stereocenters. The Morgan fingerprint density at radius 2 is 1.58 bits per heavy atom. The normalized spacial score (nSPS) is 14.8. The van der Waals surface area contributed by atoms with Gasteiger partial charge < -0.3 is 15.8 Å². The highest BCUT2D eigenvalue weighted by atomic mass is 16.5. The third-order valence-corrected chi connectivity index (χ3v) is 4.49. The van der Waals surface area contributed by atoms with E-state index in [9.17, 15) is 9.59 Å². The van der Waals surface area contributed by atoms with Crippen molar-refractivity contribution in [3.05, 3.63) is 70.8 Å². The van der Waals surface area contributed by atoms with E-state index >= 15 is 0 Å². The number of benzene rings is 2. The molecule has 6 nitrogen and oxygen atoms in total. The Labute approximate surface area is 152 Å². The fraction of sp³-hybridized carbons (Fsp3) is 0.300. The molecule has 1 fully saturated rings. The van der Waals surface area contributed by atoms with Gasteiger partial charge >= 0.3 is 0 Å². The predicted molar refractivity (Wildman–Crippen MR) is 98.7 cm³/mol. The summed E-state index contributed by atoms with van der Waals surface area (Å²) in [5.74, 6) is -0.684. The number of nitrogens with two attached hydrogens (primary N) is 1. The number of hydrogen-bond donors (Lipinski definition) is 2. The predicted octanol–water partition coefficient (Wildman–Crippen LogP) is 1.55. The topological polar surface area (TPSA) is 84.7 Å². The van der Waals surface area contributed by atoms with Gasteiger partial charge in [0.25, 0.3) is 5.91 Å². The number of hydrogen-bond acceptors (Lipinski definition) is 4. The summed E-state index contributed by atoms with van der Waals surface area (Å²) in [7, 11) is 0. The zero-order chi connectivity index (χ0) is 18.4. The molecule has 2 amide bonds. The van der Waals surface area contributed by atoms with Gasteiger partial charge in [0.05, 0.1) is 13.2 Å². The van der Waals surface area contributed by atoms with Gasteiger partial charge in [0.2, 0.25) is 5.91 Å². The number of carbonyl (C=O) groups is 2. The minimum absolute atomic E-state index is 0.179. The first-order valence-electron chi connectivity index (χ1n) is 8.68. The van der Waals surface area contributed by atoms with Gasteiger partial charge in [-0.25, -0.2) is 0 Å². The lowest BCUT2D eigenvalue weighted by Gasteiger charge is -2.27. The van der Waals surface area contributed by atoms with Crippen LogP contribution in [0.25, 0.3) is 0 Å². The van der Waals surface area contributed by atoms with Crippen LogP contribution >= 0.6 is 0 Å². The van der Waals surface area contributed by atoms with Crippen LogP contribution in [-0.4, -0.2) is 43.0 Å². The van der Waals surface area contributed by atoms with E-state index in [1.165, 1.54) is 5.56 Å². The van der Waals surface area contributed by atoms with E-state index < -0.39 is 5.91 Å². The summed E-state index contributed by atoms with van der Waals surface area (Å²) in [6.45, 7) is 4.68. The van der Waals surface area contributed by atoms with Gasteiger partial charge in [-0.05, 0) is 35.4 Å². The Hall–Kier alpha value is -2.70. The van der Waals surface area contributed by atoms with Crippen LogP contribution in [0.1, 0.15) is 31.8 Å². The Bertz CT molecular complexity index is 768. The summed E-state index contributed by atoms with van der Waals surface area (Å²) in [6, 6.07) is 14.5. The second-order valence-corrected chi connectivity index (χ2v) is 6.28. The van der Waals surface area contributed by atoms with Crippen LogP contribution in [0.4, 0.5) is 0 Å². The molecule has 0 aliphatic carbocycles. The first kappa shape index (κ1) is 18.1. The number of morpholine rings is 1. The second kappa shape index (κ2) is 8.60. The van der Waals surface area contributed by atoms with Crippen molar-refractivity contribution in [2.75, 3.05) is 26.3 Å². The number of ether oxygens (including phenoxy) is 1. The van der Waals surface area contributed by atoms with Crippen molar-refractivity contribution in [1.82, 2.24) is 10.2 Å². The minimum Gasteiger partial charge on any atom is -0.379 e. The number of rotatable bonds is 6. The quantitative estimate of drug-likeness (QED) is 0.825. The van der Waals surface area contributed by atoms with E-state index in [0.717, 1.165) is 38.4 Å². The lowest BCUT2D eigenvalue weighted by Crippen LogP contribution is -2.36. The highest BCUT2D eigenvalue weighted by molar-refractivity contribution is 5.97. The molecule has 136 valence electrons. The van der Waals surface area contributed by atoms with E-state index in [1.54, 1.807) is 24.3 Å².